The predicted octanol–water partition coefficient (Wildman–Crippen LogP) is 2.09. The number of aryl methyl sites for hydroxylation is 1. The number of thiophene rings is 1. The zero-order valence-corrected chi connectivity index (χ0v) is 12.9. The minimum absolute atomic E-state index is 0.151. The molecule has 0 aliphatic rings. The molecule has 2 N–H and O–H groups in total. The second-order valence-electron chi connectivity index (χ2n) is 4.65. The van der Waals surface area contributed by atoms with Crippen molar-refractivity contribution in [2.24, 2.45) is 0 Å². The Hall–Kier alpha value is -1.15. The second-order valence-corrected chi connectivity index (χ2v) is 7.81. The lowest BCUT2D eigenvalue weighted by Gasteiger charge is -2.20. The van der Waals surface area contributed by atoms with Crippen LogP contribution in [-0.2, 0) is 22.0 Å². The first-order valence-corrected chi connectivity index (χ1v) is 8.50. The van der Waals surface area contributed by atoms with Crippen LogP contribution in [0.3, 0.4) is 0 Å². The van der Waals surface area contributed by atoms with Crippen LogP contribution in [0, 0.1) is 0 Å². The second kappa shape index (κ2) is 5.69. The summed E-state index contributed by atoms with van der Waals surface area (Å²) in [4.78, 5) is 1.00. The number of nitrogens with one attached hydrogen (secondary N) is 1. The summed E-state index contributed by atoms with van der Waals surface area (Å²) in [6.07, 6.45) is 2.23. The lowest BCUT2D eigenvalue weighted by Crippen LogP contribution is -2.38. The molecule has 1 atom stereocenters. The van der Waals surface area contributed by atoms with Crippen LogP contribution in [0.1, 0.15) is 24.5 Å². The number of sulfonamides is 1. The Kier molecular flexibility index (Phi) is 4.33. The molecule has 0 aliphatic heterocycles. The molecule has 2 heterocycles. The standard InChI is InChI=1S/C13H17NO4S2/c1-3-10-6-7-12(19-10)20(16,17)14-9-13(2,15)11-5-4-8-18-11/h4-8,14-15H,3,9H2,1-2H3. The van der Waals surface area contributed by atoms with E-state index in [2.05, 4.69) is 4.72 Å². The molecule has 0 saturated heterocycles. The van der Waals surface area contributed by atoms with E-state index in [0.29, 0.717) is 5.76 Å². The molecule has 0 aromatic carbocycles. The van der Waals surface area contributed by atoms with Crippen molar-refractivity contribution in [3.63, 3.8) is 0 Å². The Morgan fingerprint density at radius 3 is 2.70 bits per heavy atom. The summed E-state index contributed by atoms with van der Waals surface area (Å²) in [7, 11) is -3.61. The van der Waals surface area contributed by atoms with Crippen LogP contribution in [0.25, 0.3) is 0 Å². The fourth-order valence-corrected chi connectivity index (χ4v) is 4.14. The Labute approximate surface area is 122 Å². The van der Waals surface area contributed by atoms with Gasteiger partial charge in [-0.2, -0.15) is 0 Å². The summed E-state index contributed by atoms with van der Waals surface area (Å²) in [6.45, 7) is 3.32. The van der Waals surface area contributed by atoms with Gasteiger partial charge in [-0.3, -0.25) is 0 Å². The smallest absolute Gasteiger partial charge is 0.250 e. The van der Waals surface area contributed by atoms with Gasteiger partial charge in [0.25, 0.3) is 0 Å². The number of aliphatic hydroxyl groups is 1. The monoisotopic (exact) mass is 315 g/mol. The van der Waals surface area contributed by atoms with Gasteiger partial charge in [0.05, 0.1) is 6.26 Å². The molecule has 0 fully saturated rings. The third kappa shape index (κ3) is 3.29. The van der Waals surface area contributed by atoms with Gasteiger partial charge in [-0.1, -0.05) is 6.92 Å². The first kappa shape index (κ1) is 15.2. The highest BCUT2D eigenvalue weighted by Crippen LogP contribution is 2.24. The van der Waals surface area contributed by atoms with E-state index >= 15 is 0 Å². The van der Waals surface area contributed by atoms with Crippen molar-refractivity contribution < 1.29 is 17.9 Å². The van der Waals surface area contributed by atoms with Gasteiger partial charge in [-0.15, -0.1) is 11.3 Å². The zero-order chi connectivity index (χ0) is 14.8. The van der Waals surface area contributed by atoms with Gasteiger partial charge in [0.1, 0.15) is 15.6 Å². The number of hydrogen-bond acceptors (Lipinski definition) is 5. The molecule has 0 radical (unpaired) electrons. The maximum Gasteiger partial charge on any atom is 0.250 e. The molecule has 2 aromatic heterocycles. The van der Waals surface area contributed by atoms with Crippen LogP contribution in [0.5, 0.6) is 0 Å². The molecule has 110 valence electrons. The van der Waals surface area contributed by atoms with Crippen molar-refractivity contribution in [1.82, 2.24) is 4.72 Å². The van der Waals surface area contributed by atoms with E-state index in [-0.39, 0.29) is 10.8 Å². The molecular weight excluding hydrogens is 298 g/mol. The third-order valence-electron chi connectivity index (χ3n) is 2.91. The highest BCUT2D eigenvalue weighted by atomic mass is 32.2. The molecule has 0 saturated carbocycles. The van der Waals surface area contributed by atoms with Crippen LogP contribution in [0.15, 0.2) is 39.2 Å². The van der Waals surface area contributed by atoms with Crippen LogP contribution in [0.4, 0.5) is 0 Å². The molecule has 5 nitrogen and oxygen atoms in total. The van der Waals surface area contributed by atoms with Gasteiger partial charge in [-0.05, 0) is 37.6 Å². The summed E-state index contributed by atoms with van der Waals surface area (Å²) in [6, 6.07) is 6.62. The van der Waals surface area contributed by atoms with E-state index in [1.807, 2.05) is 6.92 Å². The molecular formula is C13H17NO4S2. The van der Waals surface area contributed by atoms with Crippen molar-refractivity contribution in [3.05, 3.63) is 41.2 Å². The SMILES string of the molecule is CCc1ccc(S(=O)(=O)NCC(C)(O)c2ccco2)s1. The average Bonchev–Trinajstić information content (AvgIpc) is 3.07. The number of hydrogen-bond donors (Lipinski definition) is 2. The van der Waals surface area contributed by atoms with Gasteiger partial charge in [-0.25, -0.2) is 13.1 Å². The normalized spacial score (nSPS) is 15.2. The summed E-state index contributed by atoms with van der Waals surface area (Å²) in [5.74, 6) is 0.320. The van der Waals surface area contributed by atoms with Gasteiger partial charge in [0, 0.05) is 11.4 Å². The number of furan rings is 1. The Balaban J connectivity index is 2.09. The zero-order valence-electron chi connectivity index (χ0n) is 11.3. The molecule has 20 heavy (non-hydrogen) atoms. The highest BCUT2D eigenvalue weighted by molar-refractivity contribution is 7.91. The van der Waals surface area contributed by atoms with Crippen molar-refractivity contribution in [2.45, 2.75) is 30.1 Å². The van der Waals surface area contributed by atoms with Gasteiger partial charge < -0.3 is 9.52 Å². The summed E-state index contributed by atoms with van der Waals surface area (Å²) in [5, 5.41) is 10.2. The molecule has 0 aliphatic carbocycles. The van der Waals surface area contributed by atoms with Gasteiger partial charge in [0.15, 0.2) is 0 Å². The van der Waals surface area contributed by atoms with E-state index in [1.165, 1.54) is 24.5 Å². The first-order chi connectivity index (χ1) is 9.35. The summed E-state index contributed by atoms with van der Waals surface area (Å²) < 4.78 is 32.0. The summed E-state index contributed by atoms with van der Waals surface area (Å²) in [5.41, 5.74) is -1.39. The van der Waals surface area contributed by atoms with E-state index in [4.69, 9.17) is 4.42 Å². The van der Waals surface area contributed by atoms with E-state index in [9.17, 15) is 13.5 Å². The van der Waals surface area contributed by atoms with Crippen molar-refractivity contribution in [3.8, 4) is 0 Å². The Morgan fingerprint density at radius 1 is 1.40 bits per heavy atom. The maximum atomic E-state index is 12.1. The van der Waals surface area contributed by atoms with Crippen LogP contribution < -0.4 is 4.72 Å². The topological polar surface area (TPSA) is 79.5 Å². The molecule has 1 unspecified atom stereocenters. The third-order valence-corrected chi connectivity index (χ3v) is 6.03. The Morgan fingerprint density at radius 2 is 2.15 bits per heavy atom. The fourth-order valence-electron chi connectivity index (χ4n) is 1.67. The lowest BCUT2D eigenvalue weighted by molar-refractivity contribution is 0.0396. The minimum Gasteiger partial charge on any atom is -0.466 e. The largest absolute Gasteiger partial charge is 0.466 e. The van der Waals surface area contributed by atoms with Crippen molar-refractivity contribution in [2.75, 3.05) is 6.54 Å². The van der Waals surface area contributed by atoms with Crippen LogP contribution in [-0.4, -0.2) is 20.1 Å². The van der Waals surface area contributed by atoms with E-state index < -0.39 is 15.6 Å². The van der Waals surface area contributed by atoms with Crippen LogP contribution in [0.2, 0.25) is 0 Å². The maximum absolute atomic E-state index is 12.1. The van der Waals surface area contributed by atoms with Gasteiger partial charge >= 0.3 is 0 Å². The molecule has 7 heteroatoms. The highest BCUT2D eigenvalue weighted by Gasteiger charge is 2.29. The Bertz CT molecular complexity index is 656. The molecule has 0 bridgehead atoms. The van der Waals surface area contributed by atoms with E-state index in [0.717, 1.165) is 11.3 Å². The van der Waals surface area contributed by atoms with E-state index in [1.54, 1.807) is 24.3 Å². The lowest BCUT2D eigenvalue weighted by atomic mass is 10.1. The minimum atomic E-state index is -3.61. The average molecular weight is 315 g/mol. The molecule has 0 amide bonds. The molecule has 0 spiro atoms. The molecule has 2 aromatic rings. The quantitative estimate of drug-likeness (QED) is 0.855. The first-order valence-electron chi connectivity index (χ1n) is 6.20. The fraction of sp³-hybridized carbons (Fsp3) is 0.385. The van der Waals surface area contributed by atoms with Crippen molar-refractivity contribution >= 4 is 21.4 Å². The predicted molar refractivity (Wildman–Crippen MR) is 77.2 cm³/mol. The van der Waals surface area contributed by atoms with Crippen molar-refractivity contribution in [1.29, 1.82) is 0 Å². The summed E-state index contributed by atoms with van der Waals surface area (Å²) >= 11 is 1.23. The van der Waals surface area contributed by atoms with Crippen LogP contribution >= 0.6 is 11.3 Å². The molecule has 2 rings (SSSR count). The van der Waals surface area contributed by atoms with Gasteiger partial charge in [0.2, 0.25) is 10.0 Å². The number of rotatable bonds is 6.